The lowest BCUT2D eigenvalue weighted by Gasteiger charge is -2.15. The smallest absolute Gasteiger partial charge is 0.304 e. The van der Waals surface area contributed by atoms with Crippen LogP contribution in [-0.4, -0.2) is 4.98 Å². The topological polar surface area (TPSA) is 24.9 Å². The number of aromatic nitrogens is 1. The molecule has 0 aliphatic carbocycles. The summed E-state index contributed by atoms with van der Waals surface area (Å²) in [4.78, 5) is 4.13. The Morgan fingerprint density at radius 1 is 1.32 bits per heavy atom. The second-order valence-corrected chi connectivity index (χ2v) is 5.05. The van der Waals surface area contributed by atoms with Gasteiger partial charge in [0.1, 0.15) is 5.01 Å². The van der Waals surface area contributed by atoms with Crippen LogP contribution in [0.5, 0.6) is 0 Å². The molecule has 0 saturated carbocycles. The van der Waals surface area contributed by atoms with Gasteiger partial charge >= 0.3 is 6.18 Å². The van der Waals surface area contributed by atoms with Crippen molar-refractivity contribution < 1.29 is 13.2 Å². The summed E-state index contributed by atoms with van der Waals surface area (Å²) >= 11 is 1.48. The van der Waals surface area contributed by atoms with Crippen LogP contribution in [0.1, 0.15) is 29.1 Å². The van der Waals surface area contributed by atoms with Gasteiger partial charge in [0.05, 0.1) is 11.6 Å². The quantitative estimate of drug-likeness (QED) is 0.918. The van der Waals surface area contributed by atoms with Crippen LogP contribution in [0.25, 0.3) is 0 Å². The van der Waals surface area contributed by atoms with Crippen molar-refractivity contribution in [1.29, 1.82) is 0 Å². The normalized spacial score (nSPS) is 13.5. The highest BCUT2D eigenvalue weighted by atomic mass is 32.1. The average molecular weight is 286 g/mol. The number of alkyl halides is 3. The molecule has 1 aromatic carbocycles. The van der Waals surface area contributed by atoms with Gasteiger partial charge in [-0.15, -0.1) is 11.3 Å². The van der Waals surface area contributed by atoms with E-state index in [9.17, 15) is 13.2 Å². The minimum absolute atomic E-state index is 0.0683. The van der Waals surface area contributed by atoms with E-state index >= 15 is 0 Å². The van der Waals surface area contributed by atoms with Gasteiger partial charge in [0, 0.05) is 18.1 Å². The van der Waals surface area contributed by atoms with Crippen LogP contribution in [0, 0.1) is 0 Å². The van der Waals surface area contributed by atoms with Crippen LogP contribution in [0.3, 0.4) is 0 Å². The largest absolute Gasteiger partial charge is 0.416 e. The van der Waals surface area contributed by atoms with Crippen molar-refractivity contribution >= 4 is 11.3 Å². The summed E-state index contributed by atoms with van der Waals surface area (Å²) in [6.45, 7) is 2.05. The first kappa shape index (κ1) is 14.0. The van der Waals surface area contributed by atoms with Gasteiger partial charge in [-0.3, -0.25) is 0 Å². The molecule has 2 rings (SSSR count). The molecule has 0 spiro atoms. The van der Waals surface area contributed by atoms with Crippen molar-refractivity contribution in [1.82, 2.24) is 10.3 Å². The van der Waals surface area contributed by atoms with E-state index in [0.29, 0.717) is 0 Å². The molecule has 6 heteroatoms. The first-order chi connectivity index (χ1) is 8.98. The molecule has 1 aromatic heterocycles. The Bertz CT molecular complexity index is 523. The zero-order valence-electron chi connectivity index (χ0n) is 10.2. The molecule has 0 fully saturated rings. The second kappa shape index (κ2) is 5.71. The molecule has 0 amide bonds. The van der Waals surface area contributed by atoms with Gasteiger partial charge in [0.15, 0.2) is 0 Å². The van der Waals surface area contributed by atoms with Crippen LogP contribution in [0.4, 0.5) is 13.2 Å². The van der Waals surface area contributed by atoms with Gasteiger partial charge in [0.25, 0.3) is 0 Å². The van der Waals surface area contributed by atoms with E-state index in [2.05, 4.69) is 10.3 Å². The fraction of sp³-hybridized carbons (Fsp3) is 0.308. The number of thiazole rings is 1. The highest BCUT2D eigenvalue weighted by Gasteiger charge is 2.32. The maximum atomic E-state index is 12.8. The number of rotatable bonds is 4. The minimum atomic E-state index is -4.32. The van der Waals surface area contributed by atoms with E-state index in [1.54, 1.807) is 12.3 Å². The lowest BCUT2D eigenvalue weighted by Crippen LogP contribution is -2.20. The summed E-state index contributed by atoms with van der Waals surface area (Å²) in [5.74, 6) is 0. The zero-order valence-corrected chi connectivity index (χ0v) is 11.1. The molecule has 2 aromatic rings. The van der Waals surface area contributed by atoms with Gasteiger partial charge < -0.3 is 5.32 Å². The van der Waals surface area contributed by atoms with Gasteiger partial charge in [-0.25, -0.2) is 4.98 Å². The predicted octanol–water partition coefficient (Wildman–Crippen LogP) is 4.01. The Hall–Kier alpha value is -1.40. The van der Waals surface area contributed by atoms with Crippen LogP contribution in [-0.2, 0) is 12.7 Å². The molecule has 0 aliphatic heterocycles. The van der Waals surface area contributed by atoms with Crippen LogP contribution < -0.4 is 5.32 Å². The van der Waals surface area contributed by atoms with Crippen molar-refractivity contribution in [2.45, 2.75) is 25.7 Å². The van der Waals surface area contributed by atoms with E-state index in [1.807, 2.05) is 12.3 Å². The van der Waals surface area contributed by atoms with Crippen molar-refractivity contribution in [3.63, 3.8) is 0 Å². The molecule has 1 heterocycles. The molecule has 102 valence electrons. The van der Waals surface area contributed by atoms with E-state index in [1.165, 1.54) is 23.5 Å². The maximum absolute atomic E-state index is 12.8. The minimum Gasteiger partial charge on any atom is -0.304 e. The molecule has 2 nitrogen and oxygen atoms in total. The fourth-order valence-corrected chi connectivity index (χ4v) is 2.42. The predicted molar refractivity (Wildman–Crippen MR) is 68.8 cm³/mol. The molecule has 1 unspecified atom stereocenters. The SMILES string of the molecule is CC(NCc1ccccc1C(F)(F)F)c1nccs1. The molecule has 0 radical (unpaired) electrons. The molecule has 0 aliphatic rings. The van der Waals surface area contributed by atoms with Crippen LogP contribution in [0.2, 0.25) is 0 Å². The summed E-state index contributed by atoms with van der Waals surface area (Å²) in [6, 6.07) is 5.54. The monoisotopic (exact) mass is 286 g/mol. The summed E-state index contributed by atoms with van der Waals surface area (Å²) in [6.07, 6.45) is -2.63. The first-order valence-corrected chi connectivity index (χ1v) is 6.64. The Morgan fingerprint density at radius 3 is 2.68 bits per heavy atom. The molecule has 0 bridgehead atoms. The van der Waals surface area contributed by atoms with Gasteiger partial charge in [-0.1, -0.05) is 18.2 Å². The number of halogens is 3. The van der Waals surface area contributed by atoms with E-state index in [4.69, 9.17) is 0 Å². The highest BCUT2D eigenvalue weighted by molar-refractivity contribution is 7.09. The van der Waals surface area contributed by atoms with Crippen molar-refractivity contribution in [3.8, 4) is 0 Å². The van der Waals surface area contributed by atoms with Crippen molar-refractivity contribution in [2.75, 3.05) is 0 Å². The summed E-state index contributed by atoms with van der Waals surface area (Å²) in [5.41, 5.74) is -0.341. The standard InChI is InChI=1S/C13H13F3N2S/c1-9(12-17-6-7-19-12)18-8-10-4-2-3-5-11(10)13(14,15)16/h2-7,9,18H,8H2,1H3. The van der Waals surface area contributed by atoms with E-state index in [-0.39, 0.29) is 18.2 Å². The molecule has 1 atom stereocenters. The number of nitrogens with one attached hydrogen (secondary N) is 1. The Morgan fingerprint density at radius 2 is 2.05 bits per heavy atom. The third kappa shape index (κ3) is 3.54. The van der Waals surface area contributed by atoms with Crippen LogP contribution >= 0.6 is 11.3 Å². The molecular weight excluding hydrogens is 273 g/mol. The maximum Gasteiger partial charge on any atom is 0.416 e. The lowest BCUT2D eigenvalue weighted by atomic mass is 10.1. The molecule has 0 saturated heterocycles. The van der Waals surface area contributed by atoms with E-state index < -0.39 is 11.7 Å². The summed E-state index contributed by atoms with van der Waals surface area (Å²) < 4.78 is 38.4. The number of hydrogen-bond acceptors (Lipinski definition) is 3. The number of hydrogen-bond donors (Lipinski definition) is 1. The van der Waals surface area contributed by atoms with Crippen molar-refractivity contribution in [3.05, 3.63) is 52.0 Å². The Kier molecular flexibility index (Phi) is 4.21. The van der Waals surface area contributed by atoms with Gasteiger partial charge in [0.2, 0.25) is 0 Å². The molecule has 19 heavy (non-hydrogen) atoms. The van der Waals surface area contributed by atoms with Gasteiger partial charge in [-0.2, -0.15) is 13.2 Å². The summed E-state index contributed by atoms with van der Waals surface area (Å²) in [5, 5.41) is 5.77. The average Bonchev–Trinajstić information content (AvgIpc) is 2.89. The lowest BCUT2D eigenvalue weighted by molar-refractivity contribution is -0.138. The third-order valence-electron chi connectivity index (χ3n) is 2.74. The first-order valence-electron chi connectivity index (χ1n) is 5.76. The molecular formula is C13H13F3N2S. The Labute approximate surface area is 113 Å². The third-order valence-corrected chi connectivity index (χ3v) is 3.70. The summed E-state index contributed by atoms with van der Waals surface area (Å²) in [7, 11) is 0. The highest BCUT2D eigenvalue weighted by Crippen LogP contribution is 2.32. The van der Waals surface area contributed by atoms with Crippen LogP contribution in [0.15, 0.2) is 35.8 Å². The van der Waals surface area contributed by atoms with Gasteiger partial charge in [-0.05, 0) is 18.6 Å². The van der Waals surface area contributed by atoms with E-state index in [0.717, 1.165) is 11.1 Å². The second-order valence-electron chi connectivity index (χ2n) is 4.13. The Balaban J connectivity index is 2.08. The number of nitrogens with zero attached hydrogens (tertiary/aromatic N) is 1. The fourth-order valence-electron chi connectivity index (χ4n) is 1.75. The molecule has 1 N–H and O–H groups in total. The zero-order chi connectivity index (χ0) is 13.9. The van der Waals surface area contributed by atoms with Crippen molar-refractivity contribution in [2.24, 2.45) is 0 Å². The number of benzene rings is 1.